The standard InChI is InChI=1S/C11H11FN2O2/c1-7-9(4-5-10(15)16)14-6-2-3-8(12)11(14)13-7/h2-3,6H,4-5H2,1H3,(H,15,16). The Kier molecular flexibility index (Phi) is 2.60. The van der Waals surface area contributed by atoms with E-state index in [0.717, 1.165) is 5.69 Å². The number of hydrogen-bond donors (Lipinski definition) is 1. The van der Waals surface area contributed by atoms with Crippen molar-refractivity contribution in [2.75, 3.05) is 0 Å². The van der Waals surface area contributed by atoms with E-state index in [1.165, 1.54) is 6.07 Å². The molecular weight excluding hydrogens is 211 g/mol. The molecule has 0 unspecified atom stereocenters. The van der Waals surface area contributed by atoms with Crippen LogP contribution < -0.4 is 0 Å². The minimum absolute atomic E-state index is 0.0190. The van der Waals surface area contributed by atoms with Gasteiger partial charge in [0.1, 0.15) is 0 Å². The van der Waals surface area contributed by atoms with Crippen molar-refractivity contribution in [3.63, 3.8) is 0 Å². The Hall–Kier alpha value is -1.91. The van der Waals surface area contributed by atoms with Gasteiger partial charge >= 0.3 is 5.97 Å². The van der Waals surface area contributed by atoms with Crippen LogP contribution in [0.1, 0.15) is 17.8 Å². The predicted octanol–water partition coefficient (Wildman–Crippen LogP) is 1.80. The van der Waals surface area contributed by atoms with Gasteiger partial charge in [0.05, 0.1) is 12.1 Å². The highest BCUT2D eigenvalue weighted by Crippen LogP contribution is 2.16. The molecule has 0 aromatic carbocycles. The smallest absolute Gasteiger partial charge is 0.303 e. The van der Waals surface area contributed by atoms with Crippen LogP contribution in [0.2, 0.25) is 0 Å². The van der Waals surface area contributed by atoms with Crippen LogP contribution in [0.25, 0.3) is 5.65 Å². The second kappa shape index (κ2) is 3.92. The van der Waals surface area contributed by atoms with Crippen LogP contribution in [0, 0.1) is 12.7 Å². The summed E-state index contributed by atoms with van der Waals surface area (Å²) in [6.07, 6.45) is 2.06. The Labute approximate surface area is 91.4 Å². The van der Waals surface area contributed by atoms with Crippen LogP contribution in [0.15, 0.2) is 18.3 Å². The summed E-state index contributed by atoms with van der Waals surface area (Å²) in [4.78, 5) is 14.6. The summed E-state index contributed by atoms with van der Waals surface area (Å²) >= 11 is 0. The normalized spacial score (nSPS) is 10.9. The lowest BCUT2D eigenvalue weighted by atomic mass is 10.2. The first-order chi connectivity index (χ1) is 7.59. The van der Waals surface area contributed by atoms with E-state index in [-0.39, 0.29) is 12.1 Å². The van der Waals surface area contributed by atoms with E-state index in [1.54, 1.807) is 23.6 Å². The molecule has 16 heavy (non-hydrogen) atoms. The maximum Gasteiger partial charge on any atom is 0.303 e. The zero-order valence-electron chi connectivity index (χ0n) is 8.77. The number of carbonyl (C=O) groups is 1. The maximum absolute atomic E-state index is 13.4. The van der Waals surface area contributed by atoms with Gasteiger partial charge in [0.2, 0.25) is 0 Å². The van der Waals surface area contributed by atoms with Crippen molar-refractivity contribution >= 4 is 11.6 Å². The van der Waals surface area contributed by atoms with Gasteiger partial charge in [-0.25, -0.2) is 9.37 Å². The number of hydrogen-bond acceptors (Lipinski definition) is 2. The highest BCUT2D eigenvalue weighted by molar-refractivity contribution is 5.67. The molecule has 0 spiro atoms. The van der Waals surface area contributed by atoms with Crippen LogP contribution in [-0.2, 0) is 11.2 Å². The number of aryl methyl sites for hydroxylation is 2. The second-order valence-electron chi connectivity index (χ2n) is 3.59. The van der Waals surface area contributed by atoms with Crippen LogP contribution in [0.4, 0.5) is 4.39 Å². The number of halogens is 1. The molecule has 1 N–H and O–H groups in total. The average Bonchev–Trinajstić information content (AvgIpc) is 2.53. The molecule has 2 aromatic heterocycles. The minimum atomic E-state index is -0.870. The molecule has 5 heteroatoms. The molecule has 84 valence electrons. The highest BCUT2D eigenvalue weighted by atomic mass is 19.1. The van der Waals surface area contributed by atoms with Crippen molar-refractivity contribution in [2.24, 2.45) is 0 Å². The molecule has 0 saturated carbocycles. The number of pyridine rings is 1. The van der Waals surface area contributed by atoms with Crippen molar-refractivity contribution in [3.05, 3.63) is 35.5 Å². The first kappa shape index (κ1) is 10.6. The van der Waals surface area contributed by atoms with Gasteiger partial charge in [-0.1, -0.05) is 0 Å². The Bertz CT molecular complexity index is 548. The second-order valence-corrected chi connectivity index (χ2v) is 3.59. The van der Waals surface area contributed by atoms with Gasteiger partial charge in [0.15, 0.2) is 11.5 Å². The van der Waals surface area contributed by atoms with Crippen molar-refractivity contribution in [1.29, 1.82) is 0 Å². The third kappa shape index (κ3) is 1.76. The third-order valence-corrected chi connectivity index (χ3v) is 2.48. The van der Waals surface area contributed by atoms with E-state index >= 15 is 0 Å². The Morgan fingerprint density at radius 2 is 2.38 bits per heavy atom. The monoisotopic (exact) mass is 222 g/mol. The molecule has 0 saturated heterocycles. The molecule has 0 aliphatic rings. The van der Waals surface area contributed by atoms with Crippen molar-refractivity contribution in [3.8, 4) is 0 Å². The minimum Gasteiger partial charge on any atom is -0.481 e. The predicted molar refractivity (Wildman–Crippen MR) is 55.8 cm³/mol. The van der Waals surface area contributed by atoms with Crippen LogP contribution >= 0.6 is 0 Å². The van der Waals surface area contributed by atoms with Crippen molar-refractivity contribution in [2.45, 2.75) is 19.8 Å². The number of aromatic nitrogens is 2. The molecule has 0 radical (unpaired) electrons. The summed E-state index contributed by atoms with van der Waals surface area (Å²) in [7, 11) is 0. The van der Waals surface area contributed by atoms with Gasteiger partial charge in [-0.3, -0.25) is 4.79 Å². The molecule has 0 bridgehead atoms. The number of carboxylic acid groups (broad SMARTS) is 1. The highest BCUT2D eigenvalue weighted by Gasteiger charge is 2.12. The SMILES string of the molecule is Cc1nc2c(F)cccn2c1CCC(=O)O. The topological polar surface area (TPSA) is 54.6 Å². The fraction of sp³-hybridized carbons (Fsp3) is 0.273. The molecule has 2 rings (SSSR count). The Morgan fingerprint density at radius 3 is 3.06 bits per heavy atom. The summed E-state index contributed by atoms with van der Waals surface area (Å²) in [6, 6.07) is 2.91. The zero-order valence-corrected chi connectivity index (χ0v) is 8.77. The largest absolute Gasteiger partial charge is 0.481 e. The number of carboxylic acids is 1. The van der Waals surface area contributed by atoms with Crippen molar-refractivity contribution < 1.29 is 14.3 Å². The van der Waals surface area contributed by atoms with E-state index in [4.69, 9.17) is 5.11 Å². The van der Waals surface area contributed by atoms with Gasteiger partial charge in [0.25, 0.3) is 0 Å². The van der Waals surface area contributed by atoms with E-state index < -0.39 is 11.8 Å². The van der Waals surface area contributed by atoms with E-state index in [9.17, 15) is 9.18 Å². The Balaban J connectivity index is 2.48. The summed E-state index contributed by atoms with van der Waals surface area (Å²) in [5.41, 5.74) is 1.67. The molecule has 0 fully saturated rings. The third-order valence-electron chi connectivity index (χ3n) is 2.48. The summed E-state index contributed by atoms with van der Waals surface area (Å²) < 4.78 is 15.0. The molecule has 0 aliphatic heterocycles. The average molecular weight is 222 g/mol. The number of nitrogens with zero attached hydrogens (tertiary/aromatic N) is 2. The van der Waals surface area contributed by atoms with Gasteiger partial charge in [-0.2, -0.15) is 0 Å². The lowest BCUT2D eigenvalue weighted by Crippen LogP contribution is -2.01. The quantitative estimate of drug-likeness (QED) is 0.861. The summed E-state index contributed by atoms with van der Waals surface area (Å²) in [6.45, 7) is 1.75. The summed E-state index contributed by atoms with van der Waals surface area (Å²) in [5, 5.41) is 8.63. The molecule has 0 atom stereocenters. The van der Waals surface area contributed by atoms with Crippen LogP contribution in [0.5, 0.6) is 0 Å². The number of imidazole rings is 1. The first-order valence-corrected chi connectivity index (χ1v) is 4.93. The molecule has 4 nitrogen and oxygen atoms in total. The fourth-order valence-electron chi connectivity index (χ4n) is 1.72. The maximum atomic E-state index is 13.4. The van der Waals surface area contributed by atoms with E-state index in [0.29, 0.717) is 12.1 Å². The zero-order chi connectivity index (χ0) is 11.7. The molecule has 2 heterocycles. The first-order valence-electron chi connectivity index (χ1n) is 4.93. The van der Waals surface area contributed by atoms with Crippen molar-refractivity contribution in [1.82, 2.24) is 9.38 Å². The number of fused-ring (bicyclic) bond motifs is 1. The number of rotatable bonds is 3. The van der Waals surface area contributed by atoms with E-state index in [1.807, 2.05) is 0 Å². The summed E-state index contributed by atoms with van der Waals surface area (Å²) in [5.74, 6) is -1.27. The van der Waals surface area contributed by atoms with Crippen LogP contribution in [-0.4, -0.2) is 20.5 Å². The molecule has 0 aliphatic carbocycles. The lowest BCUT2D eigenvalue weighted by molar-refractivity contribution is -0.136. The van der Waals surface area contributed by atoms with E-state index in [2.05, 4.69) is 4.98 Å². The fourth-order valence-corrected chi connectivity index (χ4v) is 1.72. The molecular formula is C11H11FN2O2. The van der Waals surface area contributed by atoms with Gasteiger partial charge in [-0.15, -0.1) is 0 Å². The van der Waals surface area contributed by atoms with Gasteiger partial charge in [-0.05, 0) is 19.1 Å². The Morgan fingerprint density at radius 1 is 1.62 bits per heavy atom. The molecule has 2 aromatic rings. The molecule has 0 amide bonds. The number of aliphatic carboxylic acids is 1. The van der Waals surface area contributed by atoms with Crippen LogP contribution in [0.3, 0.4) is 0 Å². The lowest BCUT2D eigenvalue weighted by Gasteiger charge is -2.00. The van der Waals surface area contributed by atoms with Gasteiger partial charge < -0.3 is 9.51 Å². The van der Waals surface area contributed by atoms with Gasteiger partial charge in [0, 0.05) is 18.3 Å².